The molecular weight excluding hydrogens is 421 g/mol. The molecule has 0 saturated carbocycles. The molecule has 0 fully saturated rings. The van der Waals surface area contributed by atoms with Gasteiger partial charge in [0.1, 0.15) is 18.2 Å². The van der Waals surface area contributed by atoms with Gasteiger partial charge in [0, 0.05) is 38.7 Å². The fourth-order valence-electron chi connectivity index (χ4n) is 2.95. The van der Waals surface area contributed by atoms with E-state index in [1.165, 1.54) is 32.3 Å². The van der Waals surface area contributed by atoms with Crippen molar-refractivity contribution in [1.82, 2.24) is 19.2 Å². The van der Waals surface area contributed by atoms with Gasteiger partial charge < -0.3 is 9.88 Å². The average Bonchev–Trinajstić information content (AvgIpc) is 3.17. The highest BCUT2D eigenvalue weighted by Gasteiger charge is 2.29. The van der Waals surface area contributed by atoms with Gasteiger partial charge >= 0.3 is 10.2 Å². The van der Waals surface area contributed by atoms with Gasteiger partial charge in [-0.25, -0.2) is 13.7 Å². The van der Waals surface area contributed by atoms with Crippen LogP contribution in [-0.2, 0) is 21.5 Å². The number of anilines is 1. The molecule has 0 aliphatic heterocycles. The van der Waals surface area contributed by atoms with E-state index in [1.54, 1.807) is 6.20 Å². The molecule has 1 amide bonds. The van der Waals surface area contributed by atoms with Crippen molar-refractivity contribution in [2.75, 3.05) is 24.9 Å². The van der Waals surface area contributed by atoms with Crippen LogP contribution < -0.4 is 9.62 Å². The number of amides is 1. The fraction of sp³-hybridized carbons (Fsp3) is 0.238. The Balaban J connectivity index is 1.70. The number of hydrogen-bond acceptors (Lipinski definition) is 4. The second-order valence-electron chi connectivity index (χ2n) is 7.04. The highest BCUT2D eigenvalue weighted by molar-refractivity contribution is 7.90. The van der Waals surface area contributed by atoms with Crippen molar-refractivity contribution >= 4 is 21.8 Å². The number of hydrogen-bond donors (Lipinski definition) is 1. The van der Waals surface area contributed by atoms with E-state index in [-0.39, 0.29) is 12.2 Å². The molecule has 1 N–H and O–H groups in total. The van der Waals surface area contributed by atoms with Crippen molar-refractivity contribution < 1.29 is 17.6 Å². The van der Waals surface area contributed by atoms with Crippen LogP contribution in [0.25, 0.3) is 5.69 Å². The summed E-state index contributed by atoms with van der Waals surface area (Å²) in [6.07, 6.45) is 3.57. The number of nitrogens with one attached hydrogen (secondary N) is 1. The molecule has 0 saturated heterocycles. The zero-order valence-electron chi connectivity index (χ0n) is 17.5. The molecule has 2 aromatic carbocycles. The van der Waals surface area contributed by atoms with Crippen molar-refractivity contribution in [2.45, 2.75) is 13.5 Å². The van der Waals surface area contributed by atoms with Gasteiger partial charge in [-0.05, 0) is 36.8 Å². The first-order valence-corrected chi connectivity index (χ1v) is 10.9. The molecule has 3 aromatic rings. The molecule has 10 heteroatoms. The van der Waals surface area contributed by atoms with Crippen molar-refractivity contribution in [3.05, 3.63) is 78.1 Å². The number of para-hydroxylation sites is 1. The lowest BCUT2D eigenvalue weighted by atomic mass is 10.2. The Hall–Kier alpha value is -3.24. The second kappa shape index (κ2) is 9.27. The monoisotopic (exact) mass is 445 g/mol. The Morgan fingerprint density at radius 3 is 2.39 bits per heavy atom. The van der Waals surface area contributed by atoms with Crippen molar-refractivity contribution in [1.29, 1.82) is 0 Å². The molecule has 0 aliphatic carbocycles. The molecule has 0 atom stereocenters. The summed E-state index contributed by atoms with van der Waals surface area (Å²) in [6.45, 7) is 1.56. The normalized spacial score (nSPS) is 11.5. The summed E-state index contributed by atoms with van der Waals surface area (Å²) in [4.78, 5) is 16.7. The summed E-state index contributed by atoms with van der Waals surface area (Å²) in [5, 5.41) is 2.69. The molecule has 164 valence electrons. The smallest absolute Gasteiger partial charge is 0.304 e. The van der Waals surface area contributed by atoms with Gasteiger partial charge in [-0.1, -0.05) is 24.3 Å². The Morgan fingerprint density at radius 2 is 1.81 bits per heavy atom. The third-order valence-corrected chi connectivity index (χ3v) is 6.48. The first-order chi connectivity index (χ1) is 14.7. The first kappa shape index (κ1) is 22.4. The van der Waals surface area contributed by atoms with Gasteiger partial charge in [-0.15, -0.1) is 0 Å². The fourth-order valence-corrected chi connectivity index (χ4v) is 4.03. The summed E-state index contributed by atoms with van der Waals surface area (Å²) in [5.41, 5.74) is 1.59. The van der Waals surface area contributed by atoms with Gasteiger partial charge in [0.2, 0.25) is 5.91 Å². The lowest BCUT2D eigenvalue weighted by molar-refractivity contribution is -0.119. The summed E-state index contributed by atoms with van der Waals surface area (Å²) in [5.74, 6) is -0.425. The molecule has 0 radical (unpaired) electrons. The van der Waals surface area contributed by atoms with Gasteiger partial charge in [0.25, 0.3) is 0 Å². The number of aryl methyl sites for hydroxylation is 1. The van der Waals surface area contributed by atoms with E-state index in [4.69, 9.17) is 0 Å². The molecule has 0 unspecified atom stereocenters. The molecule has 8 nitrogen and oxygen atoms in total. The van der Waals surface area contributed by atoms with Crippen LogP contribution in [0.2, 0.25) is 0 Å². The molecule has 31 heavy (non-hydrogen) atoms. The first-order valence-electron chi connectivity index (χ1n) is 9.51. The van der Waals surface area contributed by atoms with Crippen LogP contribution in [0.5, 0.6) is 0 Å². The van der Waals surface area contributed by atoms with E-state index in [1.807, 2.05) is 42.0 Å². The van der Waals surface area contributed by atoms with Crippen LogP contribution in [0.1, 0.15) is 11.4 Å². The predicted molar refractivity (Wildman–Crippen MR) is 117 cm³/mol. The molecular formula is C21H24FN5O3S. The summed E-state index contributed by atoms with van der Waals surface area (Å²) in [7, 11) is -1.42. The van der Waals surface area contributed by atoms with Crippen LogP contribution >= 0.6 is 0 Å². The average molecular weight is 446 g/mol. The number of imidazole rings is 1. The van der Waals surface area contributed by atoms with E-state index in [9.17, 15) is 17.6 Å². The highest BCUT2D eigenvalue weighted by Crippen LogP contribution is 2.22. The standard InChI is InChI=1S/C21H24FN5O3S/c1-16-23-12-13-26(16)18-10-8-17(9-11-18)14-24-21(28)15-27(31(29,30)25(2)3)20-7-5-4-6-19(20)22/h4-13H,14-15H2,1-3H3,(H,24,28). The SMILES string of the molecule is Cc1nccn1-c1ccc(CNC(=O)CN(c2ccccc2F)S(=O)(=O)N(C)C)cc1. The quantitative estimate of drug-likeness (QED) is 0.576. The van der Waals surface area contributed by atoms with Gasteiger partial charge in [-0.3, -0.25) is 4.79 Å². The van der Waals surface area contributed by atoms with E-state index in [0.717, 1.165) is 31.8 Å². The number of carbonyl (C=O) groups is 1. The van der Waals surface area contributed by atoms with Gasteiger partial charge in [0.05, 0.1) is 5.69 Å². The maximum Gasteiger partial charge on any atom is 0.304 e. The topological polar surface area (TPSA) is 87.5 Å². The largest absolute Gasteiger partial charge is 0.350 e. The number of rotatable bonds is 8. The second-order valence-corrected chi connectivity index (χ2v) is 9.10. The molecule has 3 rings (SSSR count). The summed E-state index contributed by atoms with van der Waals surface area (Å²) in [6, 6.07) is 13.0. The van der Waals surface area contributed by atoms with Gasteiger partial charge in [0.15, 0.2) is 0 Å². The lowest BCUT2D eigenvalue weighted by Gasteiger charge is -2.27. The Morgan fingerprint density at radius 1 is 1.13 bits per heavy atom. The minimum atomic E-state index is -4.07. The lowest BCUT2D eigenvalue weighted by Crippen LogP contribution is -2.46. The van der Waals surface area contributed by atoms with Crippen molar-refractivity contribution in [3.63, 3.8) is 0 Å². The third kappa shape index (κ3) is 5.09. The summed E-state index contributed by atoms with van der Waals surface area (Å²) < 4.78 is 43.2. The Kier molecular flexibility index (Phi) is 6.71. The van der Waals surface area contributed by atoms with Crippen molar-refractivity contribution in [3.8, 4) is 5.69 Å². The number of nitrogens with zero attached hydrogens (tertiary/aromatic N) is 4. The molecule has 1 heterocycles. The number of aromatic nitrogens is 2. The van der Waals surface area contributed by atoms with E-state index >= 15 is 0 Å². The maximum atomic E-state index is 14.3. The maximum absolute atomic E-state index is 14.3. The predicted octanol–water partition coefficient (Wildman–Crippen LogP) is 2.25. The number of halogens is 1. The van der Waals surface area contributed by atoms with Gasteiger partial charge in [-0.2, -0.15) is 12.7 Å². The molecule has 0 aliphatic rings. The molecule has 0 spiro atoms. The zero-order valence-corrected chi connectivity index (χ0v) is 18.3. The number of benzene rings is 2. The van der Waals surface area contributed by atoms with Crippen LogP contribution in [0.15, 0.2) is 60.9 Å². The van der Waals surface area contributed by atoms with Crippen molar-refractivity contribution in [2.24, 2.45) is 0 Å². The Bertz CT molecular complexity index is 1160. The van der Waals surface area contributed by atoms with Crippen LogP contribution in [0, 0.1) is 12.7 Å². The molecule has 0 bridgehead atoms. The van der Waals surface area contributed by atoms with Crippen LogP contribution in [0.3, 0.4) is 0 Å². The summed E-state index contributed by atoms with van der Waals surface area (Å²) >= 11 is 0. The van der Waals surface area contributed by atoms with E-state index in [2.05, 4.69) is 10.3 Å². The minimum Gasteiger partial charge on any atom is -0.350 e. The third-order valence-electron chi connectivity index (χ3n) is 4.68. The Labute approximate surface area is 181 Å². The zero-order chi connectivity index (χ0) is 22.6. The van der Waals surface area contributed by atoms with E-state index in [0.29, 0.717) is 0 Å². The van der Waals surface area contributed by atoms with Crippen LogP contribution in [0.4, 0.5) is 10.1 Å². The highest BCUT2D eigenvalue weighted by atomic mass is 32.2. The van der Waals surface area contributed by atoms with Crippen LogP contribution in [-0.4, -0.2) is 48.8 Å². The number of carbonyl (C=O) groups excluding carboxylic acids is 1. The van der Waals surface area contributed by atoms with E-state index < -0.39 is 28.5 Å². The minimum absolute atomic E-state index is 0.189. The molecule has 1 aromatic heterocycles.